The van der Waals surface area contributed by atoms with Gasteiger partial charge in [0, 0.05) is 0 Å². The van der Waals surface area contributed by atoms with Crippen molar-refractivity contribution in [2.24, 2.45) is 17.3 Å². The molecule has 0 rings (SSSR count). The van der Waals surface area contributed by atoms with Crippen LogP contribution in [0.1, 0.15) is 54.4 Å². The van der Waals surface area contributed by atoms with E-state index in [0.29, 0.717) is 5.92 Å². The number of rotatable bonds is 5. The van der Waals surface area contributed by atoms with Gasteiger partial charge in [0.25, 0.3) is 0 Å². The lowest BCUT2D eigenvalue weighted by Crippen LogP contribution is -2.30. The molecule has 3 atom stereocenters. The highest BCUT2D eigenvalue weighted by molar-refractivity contribution is 4.80. The summed E-state index contributed by atoms with van der Waals surface area (Å²) in [4.78, 5) is 0. The summed E-state index contributed by atoms with van der Waals surface area (Å²) in [6.45, 7) is 13.2. The van der Waals surface area contributed by atoms with Gasteiger partial charge in [0.1, 0.15) is 0 Å². The number of hydrogen-bond acceptors (Lipinski definition) is 1. The van der Waals surface area contributed by atoms with E-state index >= 15 is 0 Å². The fourth-order valence-corrected chi connectivity index (χ4v) is 2.07. The predicted octanol–water partition coefficient (Wildman–Crippen LogP) is 3.47. The first-order chi connectivity index (χ1) is 5.81. The molecule has 0 radical (unpaired) electrons. The van der Waals surface area contributed by atoms with E-state index in [2.05, 4.69) is 34.6 Å². The molecule has 0 aliphatic carbocycles. The van der Waals surface area contributed by atoms with Gasteiger partial charge in [-0.15, -0.1) is 0 Å². The molecule has 0 aromatic carbocycles. The lowest BCUT2D eigenvalue weighted by molar-refractivity contribution is 0.0735. The van der Waals surface area contributed by atoms with Crippen molar-refractivity contribution >= 4 is 0 Å². The van der Waals surface area contributed by atoms with Gasteiger partial charge in [-0.2, -0.15) is 0 Å². The van der Waals surface area contributed by atoms with Gasteiger partial charge in [0.2, 0.25) is 0 Å². The second-order valence-corrected chi connectivity index (χ2v) is 5.22. The average molecular weight is 186 g/mol. The van der Waals surface area contributed by atoms with E-state index in [1.165, 1.54) is 6.42 Å². The van der Waals surface area contributed by atoms with Crippen LogP contribution in [0.15, 0.2) is 0 Å². The third-order valence-corrected chi connectivity index (χ3v) is 3.55. The summed E-state index contributed by atoms with van der Waals surface area (Å²) in [6, 6.07) is 0. The summed E-state index contributed by atoms with van der Waals surface area (Å²) in [5, 5.41) is 9.39. The van der Waals surface area contributed by atoms with Crippen LogP contribution in [-0.2, 0) is 0 Å². The molecule has 0 saturated heterocycles. The van der Waals surface area contributed by atoms with Crippen LogP contribution < -0.4 is 0 Å². The van der Waals surface area contributed by atoms with E-state index in [1.54, 1.807) is 0 Å². The molecule has 0 amide bonds. The zero-order valence-corrected chi connectivity index (χ0v) is 10.1. The molecule has 0 fully saturated rings. The Balaban J connectivity index is 4.25. The highest BCUT2D eigenvalue weighted by Gasteiger charge is 2.30. The summed E-state index contributed by atoms with van der Waals surface area (Å²) >= 11 is 0. The van der Waals surface area contributed by atoms with Crippen LogP contribution in [0.3, 0.4) is 0 Å². The normalized spacial score (nSPS) is 19.6. The molecule has 13 heavy (non-hydrogen) atoms. The van der Waals surface area contributed by atoms with Gasteiger partial charge in [-0.1, -0.05) is 41.0 Å². The number of aliphatic hydroxyl groups is 1. The van der Waals surface area contributed by atoms with Crippen LogP contribution in [0.2, 0.25) is 0 Å². The van der Waals surface area contributed by atoms with Gasteiger partial charge >= 0.3 is 0 Å². The van der Waals surface area contributed by atoms with E-state index in [0.717, 1.165) is 12.3 Å². The van der Waals surface area contributed by atoms with Crippen LogP contribution in [0, 0.1) is 17.3 Å². The standard InChI is InChI=1S/C12H26O/c1-7-9(2)11(4)12(5,6)8-10(3)13/h9-11,13H,7-8H2,1-6H3. The summed E-state index contributed by atoms with van der Waals surface area (Å²) in [7, 11) is 0. The fraction of sp³-hybridized carbons (Fsp3) is 1.00. The summed E-state index contributed by atoms with van der Waals surface area (Å²) < 4.78 is 0. The fourth-order valence-electron chi connectivity index (χ4n) is 2.07. The maximum Gasteiger partial charge on any atom is 0.0517 e. The van der Waals surface area contributed by atoms with Crippen molar-refractivity contribution in [1.82, 2.24) is 0 Å². The molecule has 0 bridgehead atoms. The molecule has 0 aliphatic rings. The minimum atomic E-state index is -0.179. The molecule has 0 spiro atoms. The van der Waals surface area contributed by atoms with Gasteiger partial charge in [0.15, 0.2) is 0 Å². The molecule has 0 aromatic rings. The number of hydrogen-bond donors (Lipinski definition) is 1. The SMILES string of the molecule is CCC(C)C(C)C(C)(C)CC(C)O. The van der Waals surface area contributed by atoms with Crippen molar-refractivity contribution in [3.05, 3.63) is 0 Å². The second kappa shape index (κ2) is 4.99. The molecular weight excluding hydrogens is 160 g/mol. The van der Waals surface area contributed by atoms with Gasteiger partial charge in [0.05, 0.1) is 6.10 Å². The van der Waals surface area contributed by atoms with Gasteiger partial charge < -0.3 is 5.11 Å². The van der Waals surface area contributed by atoms with Crippen molar-refractivity contribution in [1.29, 1.82) is 0 Å². The van der Waals surface area contributed by atoms with Crippen molar-refractivity contribution in [3.63, 3.8) is 0 Å². The lowest BCUT2D eigenvalue weighted by atomic mass is 9.70. The zero-order chi connectivity index (χ0) is 10.6. The van der Waals surface area contributed by atoms with E-state index in [9.17, 15) is 5.11 Å². The quantitative estimate of drug-likeness (QED) is 0.697. The minimum Gasteiger partial charge on any atom is -0.393 e. The zero-order valence-electron chi connectivity index (χ0n) is 10.1. The molecule has 1 heteroatoms. The van der Waals surface area contributed by atoms with E-state index in [1.807, 2.05) is 6.92 Å². The predicted molar refractivity (Wildman–Crippen MR) is 58.7 cm³/mol. The maximum atomic E-state index is 9.39. The van der Waals surface area contributed by atoms with Crippen LogP contribution in [0.5, 0.6) is 0 Å². The lowest BCUT2D eigenvalue weighted by Gasteiger charge is -2.36. The Labute approximate surface area is 83.5 Å². The van der Waals surface area contributed by atoms with Gasteiger partial charge in [-0.3, -0.25) is 0 Å². The molecule has 0 saturated carbocycles. The number of aliphatic hydroxyl groups excluding tert-OH is 1. The first kappa shape index (κ1) is 13.0. The highest BCUT2D eigenvalue weighted by atomic mass is 16.3. The Kier molecular flexibility index (Phi) is 4.98. The molecular formula is C12H26O. The third-order valence-electron chi connectivity index (χ3n) is 3.55. The van der Waals surface area contributed by atoms with E-state index < -0.39 is 0 Å². The van der Waals surface area contributed by atoms with Crippen LogP contribution in [-0.4, -0.2) is 11.2 Å². The molecule has 0 aromatic heterocycles. The maximum absolute atomic E-state index is 9.39. The smallest absolute Gasteiger partial charge is 0.0517 e. The summed E-state index contributed by atoms with van der Waals surface area (Å²) in [5.41, 5.74) is 0.254. The third kappa shape index (κ3) is 4.12. The Bertz CT molecular complexity index is 138. The molecule has 80 valence electrons. The first-order valence-electron chi connectivity index (χ1n) is 5.49. The second-order valence-electron chi connectivity index (χ2n) is 5.22. The molecule has 1 N–H and O–H groups in total. The molecule has 3 unspecified atom stereocenters. The molecule has 1 nitrogen and oxygen atoms in total. The van der Waals surface area contributed by atoms with Crippen molar-refractivity contribution in [2.45, 2.75) is 60.5 Å². The Morgan fingerprint density at radius 2 is 1.62 bits per heavy atom. The van der Waals surface area contributed by atoms with E-state index in [4.69, 9.17) is 0 Å². The Morgan fingerprint density at radius 3 is 1.92 bits per heavy atom. The average Bonchev–Trinajstić information content (AvgIpc) is 1.99. The molecule has 0 aliphatic heterocycles. The summed E-state index contributed by atoms with van der Waals surface area (Å²) in [6.07, 6.45) is 1.95. The monoisotopic (exact) mass is 186 g/mol. The van der Waals surface area contributed by atoms with Gasteiger partial charge in [-0.05, 0) is 30.6 Å². The van der Waals surface area contributed by atoms with E-state index in [-0.39, 0.29) is 11.5 Å². The van der Waals surface area contributed by atoms with Crippen molar-refractivity contribution in [2.75, 3.05) is 0 Å². The Morgan fingerprint density at radius 1 is 1.15 bits per heavy atom. The Hall–Kier alpha value is -0.0400. The van der Waals surface area contributed by atoms with Crippen molar-refractivity contribution in [3.8, 4) is 0 Å². The minimum absolute atomic E-state index is 0.179. The van der Waals surface area contributed by atoms with Crippen LogP contribution in [0.25, 0.3) is 0 Å². The largest absolute Gasteiger partial charge is 0.393 e. The molecule has 0 heterocycles. The van der Waals surface area contributed by atoms with Gasteiger partial charge in [-0.25, -0.2) is 0 Å². The highest BCUT2D eigenvalue weighted by Crippen LogP contribution is 2.37. The van der Waals surface area contributed by atoms with Crippen molar-refractivity contribution < 1.29 is 5.11 Å². The summed E-state index contributed by atoms with van der Waals surface area (Å²) in [5.74, 6) is 1.42. The topological polar surface area (TPSA) is 20.2 Å². The first-order valence-corrected chi connectivity index (χ1v) is 5.49. The van der Waals surface area contributed by atoms with Crippen LogP contribution >= 0.6 is 0 Å². The van der Waals surface area contributed by atoms with Crippen LogP contribution in [0.4, 0.5) is 0 Å².